The first-order valence-electron chi connectivity index (χ1n) is 4.52. The number of methoxy groups -OCH3 is 2. The van der Waals surface area contributed by atoms with Gasteiger partial charge in [0.05, 0.1) is 31.2 Å². The van der Waals surface area contributed by atoms with Crippen molar-refractivity contribution in [3.8, 4) is 0 Å². The van der Waals surface area contributed by atoms with Gasteiger partial charge in [-0.25, -0.2) is 4.79 Å². The Bertz CT molecular complexity index is 414. The number of halogens is 1. The zero-order chi connectivity index (χ0) is 12.1. The third-order valence-corrected chi connectivity index (χ3v) is 2.33. The van der Waals surface area contributed by atoms with E-state index in [-0.39, 0.29) is 23.0 Å². The quantitative estimate of drug-likeness (QED) is 0.759. The van der Waals surface area contributed by atoms with Crippen molar-refractivity contribution in [2.24, 2.45) is 0 Å². The molecule has 0 atom stereocenters. The Morgan fingerprint density at radius 2 is 1.94 bits per heavy atom. The molecule has 0 saturated heterocycles. The van der Waals surface area contributed by atoms with Crippen LogP contribution in [0.25, 0.3) is 0 Å². The first kappa shape index (κ1) is 12.5. The molecule has 0 spiro atoms. The van der Waals surface area contributed by atoms with E-state index in [0.29, 0.717) is 5.56 Å². The standard InChI is InChI=1S/C11H11ClO4/c1-15-10(13)6-7-3-4-8(9(12)5-7)11(14)16-2/h3-5H,6H2,1-2H3. The predicted molar refractivity (Wildman–Crippen MR) is 58.5 cm³/mol. The van der Waals surface area contributed by atoms with Crippen LogP contribution in [0.15, 0.2) is 18.2 Å². The van der Waals surface area contributed by atoms with Crippen LogP contribution in [0.1, 0.15) is 15.9 Å². The highest BCUT2D eigenvalue weighted by Crippen LogP contribution is 2.19. The van der Waals surface area contributed by atoms with Crippen molar-refractivity contribution in [3.63, 3.8) is 0 Å². The molecule has 5 heteroatoms. The normalized spacial score (nSPS) is 9.69. The average Bonchev–Trinajstić information content (AvgIpc) is 2.28. The molecular weight excluding hydrogens is 232 g/mol. The maximum absolute atomic E-state index is 11.2. The SMILES string of the molecule is COC(=O)Cc1ccc(C(=O)OC)c(Cl)c1. The third-order valence-electron chi connectivity index (χ3n) is 2.01. The number of carbonyl (C=O) groups excluding carboxylic acids is 2. The Kier molecular flexibility index (Phi) is 4.31. The second-order valence-electron chi connectivity index (χ2n) is 3.06. The fourth-order valence-electron chi connectivity index (χ4n) is 1.18. The summed E-state index contributed by atoms with van der Waals surface area (Å²) in [7, 11) is 2.59. The van der Waals surface area contributed by atoms with E-state index < -0.39 is 5.97 Å². The van der Waals surface area contributed by atoms with E-state index in [0.717, 1.165) is 0 Å². The molecule has 86 valence electrons. The monoisotopic (exact) mass is 242 g/mol. The lowest BCUT2D eigenvalue weighted by atomic mass is 10.1. The van der Waals surface area contributed by atoms with Crippen LogP contribution in [-0.4, -0.2) is 26.2 Å². The lowest BCUT2D eigenvalue weighted by molar-refractivity contribution is -0.139. The van der Waals surface area contributed by atoms with Gasteiger partial charge >= 0.3 is 11.9 Å². The smallest absolute Gasteiger partial charge is 0.339 e. The Balaban J connectivity index is 2.91. The molecule has 0 aliphatic heterocycles. The van der Waals surface area contributed by atoms with Gasteiger partial charge < -0.3 is 9.47 Å². The molecule has 1 aromatic rings. The first-order valence-corrected chi connectivity index (χ1v) is 4.90. The van der Waals surface area contributed by atoms with Crippen LogP contribution < -0.4 is 0 Å². The number of hydrogen-bond acceptors (Lipinski definition) is 4. The summed E-state index contributed by atoms with van der Waals surface area (Å²) < 4.78 is 9.06. The summed E-state index contributed by atoms with van der Waals surface area (Å²) in [5, 5.41) is 0.258. The lowest BCUT2D eigenvalue weighted by Crippen LogP contribution is -2.06. The Morgan fingerprint density at radius 3 is 2.44 bits per heavy atom. The summed E-state index contributed by atoms with van der Waals surface area (Å²) in [5.41, 5.74) is 0.960. The van der Waals surface area contributed by atoms with E-state index >= 15 is 0 Å². The van der Waals surface area contributed by atoms with Crippen molar-refractivity contribution in [1.82, 2.24) is 0 Å². The van der Waals surface area contributed by atoms with Crippen LogP contribution in [0.3, 0.4) is 0 Å². The molecular formula is C11H11ClO4. The van der Waals surface area contributed by atoms with Gasteiger partial charge in [-0.2, -0.15) is 0 Å². The molecule has 0 fully saturated rings. The van der Waals surface area contributed by atoms with Gasteiger partial charge in [-0.3, -0.25) is 4.79 Å². The van der Waals surface area contributed by atoms with Gasteiger partial charge in [0.15, 0.2) is 0 Å². The van der Waals surface area contributed by atoms with Crippen molar-refractivity contribution in [1.29, 1.82) is 0 Å². The van der Waals surface area contributed by atoms with Crippen LogP contribution in [0, 0.1) is 0 Å². The largest absolute Gasteiger partial charge is 0.469 e. The van der Waals surface area contributed by atoms with Gasteiger partial charge in [0.2, 0.25) is 0 Å². The number of carbonyl (C=O) groups is 2. The number of rotatable bonds is 3. The topological polar surface area (TPSA) is 52.6 Å². The van der Waals surface area contributed by atoms with E-state index in [1.807, 2.05) is 0 Å². The molecule has 0 bridgehead atoms. The molecule has 0 unspecified atom stereocenters. The highest BCUT2D eigenvalue weighted by molar-refractivity contribution is 6.33. The molecule has 1 rings (SSSR count). The average molecular weight is 243 g/mol. The fraction of sp³-hybridized carbons (Fsp3) is 0.273. The van der Waals surface area contributed by atoms with Crippen molar-refractivity contribution in [2.45, 2.75) is 6.42 Å². The zero-order valence-corrected chi connectivity index (χ0v) is 9.71. The zero-order valence-electron chi connectivity index (χ0n) is 8.95. The van der Waals surface area contributed by atoms with Crippen molar-refractivity contribution < 1.29 is 19.1 Å². The number of esters is 2. The Labute approximate surface area is 98.1 Å². The first-order chi connectivity index (χ1) is 7.58. The number of hydrogen-bond donors (Lipinski definition) is 0. The minimum atomic E-state index is -0.505. The molecule has 0 N–H and O–H groups in total. The Hall–Kier alpha value is -1.55. The predicted octanol–water partition coefficient (Wildman–Crippen LogP) is 1.84. The number of benzene rings is 1. The second kappa shape index (κ2) is 5.51. The van der Waals surface area contributed by atoms with Gasteiger partial charge in [-0.15, -0.1) is 0 Å². The second-order valence-corrected chi connectivity index (χ2v) is 3.47. The molecule has 0 saturated carbocycles. The molecule has 0 aromatic heterocycles. The maximum atomic E-state index is 11.2. The molecule has 0 aliphatic carbocycles. The summed E-state index contributed by atoms with van der Waals surface area (Å²) in [6.07, 6.45) is 0.123. The van der Waals surface area contributed by atoms with Crippen molar-refractivity contribution >= 4 is 23.5 Å². The maximum Gasteiger partial charge on any atom is 0.339 e. The summed E-state index contributed by atoms with van der Waals surface area (Å²) >= 11 is 5.88. The van der Waals surface area contributed by atoms with Gasteiger partial charge in [0.25, 0.3) is 0 Å². The summed E-state index contributed by atoms with van der Waals surface area (Å²) in [6, 6.07) is 4.70. The summed E-state index contributed by atoms with van der Waals surface area (Å²) in [4.78, 5) is 22.2. The third kappa shape index (κ3) is 2.97. The molecule has 16 heavy (non-hydrogen) atoms. The van der Waals surface area contributed by atoms with Crippen LogP contribution in [0.4, 0.5) is 0 Å². The van der Waals surface area contributed by atoms with Crippen LogP contribution in [-0.2, 0) is 20.7 Å². The summed E-state index contributed by atoms with van der Waals surface area (Å²) in [5.74, 6) is -0.864. The van der Waals surface area contributed by atoms with Crippen molar-refractivity contribution in [3.05, 3.63) is 34.3 Å². The van der Waals surface area contributed by atoms with Crippen LogP contribution >= 0.6 is 11.6 Å². The van der Waals surface area contributed by atoms with E-state index in [4.69, 9.17) is 11.6 Å². The van der Waals surface area contributed by atoms with E-state index in [1.54, 1.807) is 12.1 Å². The molecule has 0 aliphatic rings. The molecule has 0 amide bonds. The Morgan fingerprint density at radius 1 is 1.25 bits per heavy atom. The number of ether oxygens (including phenoxy) is 2. The van der Waals surface area contributed by atoms with E-state index in [1.165, 1.54) is 20.3 Å². The highest BCUT2D eigenvalue weighted by Gasteiger charge is 2.12. The van der Waals surface area contributed by atoms with Gasteiger partial charge in [0.1, 0.15) is 0 Å². The van der Waals surface area contributed by atoms with E-state index in [2.05, 4.69) is 9.47 Å². The fourth-order valence-corrected chi connectivity index (χ4v) is 1.46. The van der Waals surface area contributed by atoms with Gasteiger partial charge in [-0.1, -0.05) is 17.7 Å². The van der Waals surface area contributed by atoms with Gasteiger partial charge in [0, 0.05) is 0 Å². The summed E-state index contributed by atoms with van der Waals surface area (Å²) in [6.45, 7) is 0. The van der Waals surface area contributed by atoms with E-state index in [9.17, 15) is 9.59 Å². The molecule has 0 radical (unpaired) electrons. The van der Waals surface area contributed by atoms with Crippen LogP contribution in [0.2, 0.25) is 5.02 Å². The molecule has 4 nitrogen and oxygen atoms in total. The molecule has 1 aromatic carbocycles. The van der Waals surface area contributed by atoms with Gasteiger partial charge in [-0.05, 0) is 17.7 Å². The van der Waals surface area contributed by atoms with Crippen LogP contribution in [0.5, 0.6) is 0 Å². The highest BCUT2D eigenvalue weighted by atomic mass is 35.5. The minimum Gasteiger partial charge on any atom is -0.469 e. The lowest BCUT2D eigenvalue weighted by Gasteiger charge is -2.04. The molecule has 0 heterocycles. The van der Waals surface area contributed by atoms with Crippen molar-refractivity contribution in [2.75, 3.05) is 14.2 Å². The minimum absolute atomic E-state index is 0.123.